The van der Waals surface area contributed by atoms with Crippen molar-refractivity contribution in [3.05, 3.63) is 111 Å². The summed E-state index contributed by atoms with van der Waals surface area (Å²) in [4.78, 5) is 29.1. The number of carbonyl (C=O) groups excluding carboxylic acids is 2. The van der Waals surface area contributed by atoms with Crippen molar-refractivity contribution >= 4 is 41.3 Å². The van der Waals surface area contributed by atoms with Crippen LogP contribution in [0.5, 0.6) is 0 Å². The van der Waals surface area contributed by atoms with E-state index in [0.29, 0.717) is 28.9 Å². The quantitative estimate of drug-likeness (QED) is 0.349. The number of nitrogens with zero attached hydrogens (tertiary/aromatic N) is 1. The van der Waals surface area contributed by atoms with Crippen LogP contribution in [0, 0.1) is 6.92 Å². The number of rotatable bonds is 6. The minimum Gasteiger partial charge on any atom is -0.348 e. The van der Waals surface area contributed by atoms with Crippen molar-refractivity contribution in [2.45, 2.75) is 57.0 Å². The first kappa shape index (κ1) is 25.6. The van der Waals surface area contributed by atoms with Gasteiger partial charge in [-0.25, -0.2) is 0 Å². The van der Waals surface area contributed by atoms with E-state index in [2.05, 4.69) is 41.4 Å². The lowest BCUT2D eigenvalue weighted by atomic mass is 9.92. The second-order valence-corrected chi connectivity index (χ2v) is 11.6. The number of fused-ring (bicyclic) bond motifs is 1. The van der Waals surface area contributed by atoms with Crippen LogP contribution >= 0.6 is 23.4 Å². The summed E-state index contributed by atoms with van der Waals surface area (Å²) in [6.07, 6.45) is 6.59. The highest BCUT2D eigenvalue weighted by atomic mass is 35.5. The number of thioether (sulfide) groups is 1. The molecule has 1 N–H and O–H groups in total. The predicted octanol–water partition coefficient (Wildman–Crippen LogP) is 7.01. The Morgan fingerprint density at radius 1 is 0.973 bits per heavy atom. The number of amides is 2. The maximum Gasteiger partial charge on any atom is 0.260 e. The lowest BCUT2D eigenvalue weighted by molar-refractivity contribution is -0.130. The molecule has 1 heterocycles. The van der Waals surface area contributed by atoms with Crippen LogP contribution in [0.2, 0.25) is 5.02 Å². The van der Waals surface area contributed by atoms with Crippen molar-refractivity contribution in [2.24, 2.45) is 0 Å². The van der Waals surface area contributed by atoms with E-state index in [0.717, 1.165) is 28.9 Å². The van der Waals surface area contributed by atoms with Gasteiger partial charge in [-0.05, 0) is 66.8 Å². The molecule has 3 aromatic rings. The van der Waals surface area contributed by atoms with Crippen LogP contribution in [0.15, 0.2) is 77.7 Å². The molecule has 2 amide bonds. The van der Waals surface area contributed by atoms with E-state index in [1.165, 1.54) is 24.0 Å². The molecule has 2 atom stereocenters. The summed E-state index contributed by atoms with van der Waals surface area (Å²) in [5.41, 5.74) is 4.90. The number of benzene rings is 3. The Bertz CT molecular complexity index is 1290. The van der Waals surface area contributed by atoms with Crippen LogP contribution in [-0.4, -0.2) is 28.0 Å². The fourth-order valence-corrected chi connectivity index (χ4v) is 6.62. The van der Waals surface area contributed by atoms with Crippen LogP contribution in [-0.2, 0) is 17.9 Å². The molecule has 6 heteroatoms. The average Bonchev–Trinajstić information content (AvgIpc) is 2.92. The molecule has 0 radical (unpaired) electrons. The molecule has 4 nitrogen and oxygen atoms in total. The Morgan fingerprint density at radius 3 is 2.38 bits per heavy atom. The molecular formula is C31H31ClN2O2S. The second-order valence-electron chi connectivity index (χ2n) is 9.87. The molecule has 0 aromatic heterocycles. The molecule has 190 valence electrons. The molecule has 2 aliphatic rings. The molecule has 5 rings (SSSR count). The zero-order valence-corrected chi connectivity index (χ0v) is 22.5. The van der Waals surface area contributed by atoms with Crippen molar-refractivity contribution < 1.29 is 9.59 Å². The van der Waals surface area contributed by atoms with Crippen LogP contribution < -0.4 is 5.32 Å². The Morgan fingerprint density at radius 2 is 1.65 bits per heavy atom. The number of halogens is 1. The van der Waals surface area contributed by atoms with E-state index >= 15 is 0 Å². The van der Waals surface area contributed by atoms with Gasteiger partial charge < -0.3 is 10.2 Å². The van der Waals surface area contributed by atoms with Gasteiger partial charge in [0.05, 0.1) is 4.91 Å². The average molecular weight is 531 g/mol. The molecule has 3 aromatic carbocycles. The Balaban J connectivity index is 1.29. The van der Waals surface area contributed by atoms with Gasteiger partial charge in [0, 0.05) is 35.0 Å². The zero-order valence-electron chi connectivity index (χ0n) is 21.0. The van der Waals surface area contributed by atoms with E-state index in [1.54, 1.807) is 11.8 Å². The van der Waals surface area contributed by atoms with Gasteiger partial charge in [0.25, 0.3) is 11.8 Å². The molecule has 0 spiro atoms. The van der Waals surface area contributed by atoms with E-state index in [1.807, 2.05) is 54.6 Å². The normalized spacial score (nSPS) is 20.5. The van der Waals surface area contributed by atoms with Crippen molar-refractivity contribution in [3.63, 3.8) is 0 Å². The number of carbonyl (C=O) groups is 2. The minimum absolute atomic E-state index is 0.110. The molecule has 0 bridgehead atoms. The van der Waals surface area contributed by atoms with Gasteiger partial charge in [-0.3, -0.25) is 9.59 Å². The molecule has 2 fully saturated rings. The molecule has 1 aliphatic carbocycles. The van der Waals surface area contributed by atoms with E-state index in [4.69, 9.17) is 11.6 Å². The first-order valence-electron chi connectivity index (χ1n) is 12.8. The summed E-state index contributed by atoms with van der Waals surface area (Å²) >= 11 is 7.66. The van der Waals surface area contributed by atoms with E-state index < -0.39 is 0 Å². The lowest BCUT2D eigenvalue weighted by Gasteiger charge is -2.44. The maximum absolute atomic E-state index is 13.6. The van der Waals surface area contributed by atoms with Gasteiger partial charge in [0.2, 0.25) is 0 Å². The van der Waals surface area contributed by atoms with Crippen molar-refractivity contribution in [1.82, 2.24) is 10.2 Å². The third-order valence-corrected chi connectivity index (χ3v) is 8.78. The Hall–Kier alpha value is -3.02. The maximum atomic E-state index is 13.6. The monoisotopic (exact) mass is 530 g/mol. The zero-order chi connectivity index (χ0) is 25.8. The number of aryl methyl sites for hydroxylation is 1. The highest BCUT2D eigenvalue weighted by Crippen LogP contribution is 2.42. The van der Waals surface area contributed by atoms with Gasteiger partial charge in [0.15, 0.2) is 0 Å². The van der Waals surface area contributed by atoms with E-state index in [9.17, 15) is 9.59 Å². The smallest absolute Gasteiger partial charge is 0.260 e. The van der Waals surface area contributed by atoms with Crippen LogP contribution in [0.3, 0.4) is 0 Å². The molecule has 1 saturated carbocycles. The van der Waals surface area contributed by atoms with Crippen molar-refractivity contribution in [1.29, 1.82) is 0 Å². The third-order valence-electron chi connectivity index (χ3n) is 7.13. The van der Waals surface area contributed by atoms with Gasteiger partial charge in [0.1, 0.15) is 0 Å². The molecule has 1 aliphatic heterocycles. The van der Waals surface area contributed by atoms with Gasteiger partial charge in [-0.1, -0.05) is 78.5 Å². The number of hydrogen-bond donors (Lipinski definition) is 1. The topological polar surface area (TPSA) is 49.4 Å². The van der Waals surface area contributed by atoms with Crippen LogP contribution in [0.25, 0.3) is 6.08 Å². The summed E-state index contributed by atoms with van der Waals surface area (Å²) in [5, 5.41) is 4.05. The molecule has 2 unspecified atom stereocenters. The fraction of sp³-hybridized carbons (Fsp3) is 0.290. The lowest BCUT2D eigenvalue weighted by Crippen LogP contribution is -2.50. The summed E-state index contributed by atoms with van der Waals surface area (Å²) in [5.74, 6) is -0.0231. The Labute approximate surface area is 228 Å². The summed E-state index contributed by atoms with van der Waals surface area (Å²) in [6, 6.07) is 23.6. The van der Waals surface area contributed by atoms with Gasteiger partial charge in [-0.15, -0.1) is 11.8 Å². The first-order chi connectivity index (χ1) is 18.0. The first-order valence-corrected chi connectivity index (χ1v) is 14.1. The van der Waals surface area contributed by atoms with Crippen molar-refractivity contribution in [2.75, 3.05) is 0 Å². The summed E-state index contributed by atoms with van der Waals surface area (Å²) in [7, 11) is 0. The van der Waals surface area contributed by atoms with Crippen LogP contribution in [0.4, 0.5) is 0 Å². The SMILES string of the molecule is Cc1ccc(CN2C(=O)/C(=C\c3ccc(C(=O)NCc4ccc(Cl)cc4)cc3)SC3CCCCC32)cc1. The Kier molecular flexibility index (Phi) is 8.02. The third kappa shape index (κ3) is 6.28. The van der Waals surface area contributed by atoms with Gasteiger partial charge >= 0.3 is 0 Å². The largest absolute Gasteiger partial charge is 0.348 e. The van der Waals surface area contributed by atoms with Crippen molar-refractivity contribution in [3.8, 4) is 0 Å². The highest BCUT2D eigenvalue weighted by Gasteiger charge is 2.40. The number of hydrogen-bond acceptors (Lipinski definition) is 3. The molecular weight excluding hydrogens is 500 g/mol. The number of nitrogens with one attached hydrogen (secondary N) is 1. The van der Waals surface area contributed by atoms with E-state index in [-0.39, 0.29) is 17.9 Å². The minimum atomic E-state index is -0.133. The summed E-state index contributed by atoms with van der Waals surface area (Å²) in [6.45, 7) is 3.16. The standard InChI is InChI=1S/C31H31ClN2O2S/c1-21-6-8-24(9-7-21)20-34-27-4-2-3-5-28(27)37-29(31(34)36)18-22-10-14-25(15-11-22)30(35)33-19-23-12-16-26(32)17-13-23/h6-18,27-28H,2-5,19-20H2,1H3,(H,33,35)/b29-18+. The molecule has 37 heavy (non-hydrogen) atoms. The fourth-order valence-electron chi connectivity index (χ4n) is 5.02. The van der Waals surface area contributed by atoms with Gasteiger partial charge in [-0.2, -0.15) is 0 Å². The van der Waals surface area contributed by atoms with Crippen LogP contribution in [0.1, 0.15) is 58.3 Å². The predicted molar refractivity (Wildman–Crippen MR) is 152 cm³/mol. The molecule has 1 saturated heterocycles. The summed E-state index contributed by atoms with van der Waals surface area (Å²) < 4.78 is 0. The second kappa shape index (κ2) is 11.6. The highest BCUT2D eigenvalue weighted by molar-refractivity contribution is 8.04.